The quantitative estimate of drug-likeness (QED) is 0.766. The molecule has 1 aliphatic rings. The third-order valence-electron chi connectivity index (χ3n) is 4.57. The highest BCUT2D eigenvalue weighted by atomic mass is 16.2. The minimum Gasteiger partial charge on any atom is -0.354 e. The molecule has 1 saturated heterocycles. The van der Waals surface area contributed by atoms with Crippen LogP contribution in [0.2, 0.25) is 0 Å². The number of carbonyl (C=O) groups excluding carboxylic acids is 1. The van der Waals surface area contributed by atoms with Crippen molar-refractivity contribution in [1.29, 1.82) is 0 Å². The van der Waals surface area contributed by atoms with Gasteiger partial charge < -0.3 is 10.6 Å². The first kappa shape index (κ1) is 16.7. The summed E-state index contributed by atoms with van der Waals surface area (Å²) in [7, 11) is 0. The lowest BCUT2D eigenvalue weighted by Gasteiger charge is -2.23. The molecular weight excluding hydrogens is 300 g/mol. The predicted octanol–water partition coefficient (Wildman–Crippen LogP) is 2.10. The highest BCUT2D eigenvalue weighted by Gasteiger charge is 2.19. The lowest BCUT2D eigenvalue weighted by Crippen LogP contribution is -2.32. The maximum Gasteiger partial charge on any atom is 0.241 e. The van der Waals surface area contributed by atoms with E-state index in [0.717, 1.165) is 32.4 Å². The zero-order valence-electron chi connectivity index (χ0n) is 14.1. The number of nitrogens with zero attached hydrogens (tertiary/aromatic N) is 2. The molecule has 3 rings (SSSR count). The molecule has 0 bridgehead atoms. The Hall–Kier alpha value is -2.14. The summed E-state index contributed by atoms with van der Waals surface area (Å²) in [5, 5.41) is 10.8. The van der Waals surface area contributed by atoms with Gasteiger partial charge in [0.1, 0.15) is 6.54 Å². The molecule has 1 atom stereocenters. The second-order valence-electron chi connectivity index (χ2n) is 6.40. The summed E-state index contributed by atoms with van der Waals surface area (Å²) in [6, 6.07) is 12.4. The molecule has 1 fully saturated rings. The molecule has 0 aliphatic carbocycles. The molecule has 0 saturated carbocycles. The second-order valence-corrected chi connectivity index (χ2v) is 6.40. The van der Waals surface area contributed by atoms with E-state index in [-0.39, 0.29) is 5.91 Å². The smallest absolute Gasteiger partial charge is 0.241 e. The summed E-state index contributed by atoms with van der Waals surface area (Å²) in [5.74, 6) is 0.504. The van der Waals surface area contributed by atoms with Crippen molar-refractivity contribution in [1.82, 2.24) is 20.4 Å². The average Bonchev–Trinajstić information content (AvgIpc) is 3.08. The molecule has 0 spiro atoms. The van der Waals surface area contributed by atoms with Crippen LogP contribution in [0.15, 0.2) is 42.6 Å². The zero-order chi connectivity index (χ0) is 16.6. The first-order valence-electron chi connectivity index (χ1n) is 8.86. The Morgan fingerprint density at radius 3 is 2.96 bits per heavy atom. The van der Waals surface area contributed by atoms with Crippen molar-refractivity contribution in [3.63, 3.8) is 0 Å². The standard InChI is InChI=1S/C19H26N4O/c24-19(21-12-4-8-16-6-2-1-3-7-16)15-23-18(10-13-22-23)17-9-5-11-20-14-17/h1-3,6-7,10,13,17,20H,4-5,8-9,11-12,14-15H2,(H,21,24)/t17-/m0/s1. The summed E-state index contributed by atoms with van der Waals surface area (Å²) >= 11 is 0. The van der Waals surface area contributed by atoms with Crippen molar-refractivity contribution in [2.75, 3.05) is 19.6 Å². The van der Waals surface area contributed by atoms with E-state index in [1.165, 1.54) is 17.7 Å². The zero-order valence-corrected chi connectivity index (χ0v) is 14.1. The number of rotatable bonds is 7. The normalized spacial score (nSPS) is 17.6. The lowest BCUT2D eigenvalue weighted by atomic mass is 9.96. The van der Waals surface area contributed by atoms with Crippen LogP contribution in [0.3, 0.4) is 0 Å². The summed E-state index contributed by atoms with van der Waals surface area (Å²) in [4.78, 5) is 12.2. The Kier molecular flexibility index (Phi) is 6.01. The fourth-order valence-electron chi connectivity index (χ4n) is 3.28. The molecule has 1 aliphatic heterocycles. The maximum absolute atomic E-state index is 12.2. The van der Waals surface area contributed by atoms with Crippen LogP contribution in [0.25, 0.3) is 0 Å². The number of aromatic nitrogens is 2. The highest BCUT2D eigenvalue weighted by Crippen LogP contribution is 2.22. The fourth-order valence-corrected chi connectivity index (χ4v) is 3.28. The van der Waals surface area contributed by atoms with Crippen LogP contribution < -0.4 is 10.6 Å². The van der Waals surface area contributed by atoms with Gasteiger partial charge >= 0.3 is 0 Å². The van der Waals surface area contributed by atoms with Crippen LogP contribution in [-0.4, -0.2) is 35.3 Å². The molecular formula is C19H26N4O. The summed E-state index contributed by atoms with van der Waals surface area (Å²) in [6.07, 6.45) is 6.09. The summed E-state index contributed by atoms with van der Waals surface area (Å²) in [6.45, 7) is 3.08. The van der Waals surface area contributed by atoms with E-state index < -0.39 is 0 Å². The van der Waals surface area contributed by atoms with Gasteiger partial charge in [0, 0.05) is 30.9 Å². The molecule has 1 aromatic carbocycles. The minimum atomic E-state index is 0.0387. The van der Waals surface area contributed by atoms with Crippen molar-refractivity contribution in [2.24, 2.45) is 0 Å². The molecule has 2 N–H and O–H groups in total. The fraction of sp³-hybridized carbons (Fsp3) is 0.474. The number of aryl methyl sites for hydroxylation is 1. The summed E-state index contributed by atoms with van der Waals surface area (Å²) in [5.41, 5.74) is 2.48. The minimum absolute atomic E-state index is 0.0387. The third-order valence-corrected chi connectivity index (χ3v) is 4.57. The molecule has 5 nitrogen and oxygen atoms in total. The van der Waals surface area contributed by atoms with Crippen LogP contribution >= 0.6 is 0 Å². The molecule has 0 radical (unpaired) electrons. The topological polar surface area (TPSA) is 59.0 Å². The molecule has 2 heterocycles. The van der Waals surface area contributed by atoms with Gasteiger partial charge in [0.05, 0.1) is 0 Å². The van der Waals surface area contributed by atoms with Gasteiger partial charge in [0.25, 0.3) is 0 Å². The Morgan fingerprint density at radius 2 is 2.17 bits per heavy atom. The van der Waals surface area contributed by atoms with Crippen LogP contribution in [0, 0.1) is 0 Å². The van der Waals surface area contributed by atoms with Gasteiger partial charge in [-0.25, -0.2) is 0 Å². The highest BCUT2D eigenvalue weighted by molar-refractivity contribution is 5.75. The number of hydrogen-bond donors (Lipinski definition) is 2. The third kappa shape index (κ3) is 4.68. The number of nitrogens with one attached hydrogen (secondary N) is 2. The number of benzene rings is 1. The largest absolute Gasteiger partial charge is 0.354 e. The number of piperidine rings is 1. The molecule has 5 heteroatoms. The van der Waals surface area contributed by atoms with Crippen LogP contribution in [0.1, 0.15) is 36.4 Å². The van der Waals surface area contributed by atoms with E-state index in [0.29, 0.717) is 19.0 Å². The van der Waals surface area contributed by atoms with Crippen LogP contribution in [0.5, 0.6) is 0 Å². The number of carbonyl (C=O) groups is 1. The van der Waals surface area contributed by atoms with Crippen molar-refractivity contribution in [3.8, 4) is 0 Å². The predicted molar refractivity (Wildman–Crippen MR) is 94.8 cm³/mol. The Bertz CT molecular complexity index is 632. The maximum atomic E-state index is 12.2. The summed E-state index contributed by atoms with van der Waals surface area (Å²) < 4.78 is 1.85. The first-order chi connectivity index (χ1) is 11.8. The Balaban J connectivity index is 1.43. The monoisotopic (exact) mass is 326 g/mol. The molecule has 0 unspecified atom stereocenters. The lowest BCUT2D eigenvalue weighted by molar-refractivity contribution is -0.121. The van der Waals surface area contributed by atoms with Crippen molar-refractivity contribution in [3.05, 3.63) is 53.9 Å². The molecule has 128 valence electrons. The second kappa shape index (κ2) is 8.64. The first-order valence-corrected chi connectivity index (χ1v) is 8.86. The van der Waals surface area contributed by atoms with E-state index in [9.17, 15) is 4.79 Å². The van der Waals surface area contributed by atoms with E-state index in [1.807, 2.05) is 28.9 Å². The van der Waals surface area contributed by atoms with Crippen molar-refractivity contribution >= 4 is 5.91 Å². The number of hydrogen-bond acceptors (Lipinski definition) is 3. The van der Waals surface area contributed by atoms with Crippen LogP contribution in [-0.2, 0) is 17.8 Å². The van der Waals surface area contributed by atoms with E-state index in [2.05, 4.69) is 27.9 Å². The van der Waals surface area contributed by atoms with Gasteiger partial charge in [-0.2, -0.15) is 5.10 Å². The van der Waals surface area contributed by atoms with E-state index in [1.54, 1.807) is 6.20 Å². The molecule has 2 aromatic rings. The Labute approximate surface area is 143 Å². The Morgan fingerprint density at radius 1 is 1.29 bits per heavy atom. The van der Waals surface area contributed by atoms with Gasteiger partial charge in [0.15, 0.2) is 0 Å². The average molecular weight is 326 g/mol. The molecule has 1 aromatic heterocycles. The van der Waals surface area contributed by atoms with Gasteiger partial charge in [-0.15, -0.1) is 0 Å². The molecule has 1 amide bonds. The van der Waals surface area contributed by atoms with Gasteiger partial charge in [-0.3, -0.25) is 9.48 Å². The van der Waals surface area contributed by atoms with Gasteiger partial charge in [-0.05, 0) is 43.9 Å². The van der Waals surface area contributed by atoms with E-state index in [4.69, 9.17) is 0 Å². The SMILES string of the molecule is O=C(Cn1nccc1[C@H]1CCCNC1)NCCCc1ccccc1. The van der Waals surface area contributed by atoms with Crippen molar-refractivity contribution < 1.29 is 4.79 Å². The van der Waals surface area contributed by atoms with Crippen LogP contribution in [0.4, 0.5) is 0 Å². The van der Waals surface area contributed by atoms with Gasteiger partial charge in [-0.1, -0.05) is 30.3 Å². The van der Waals surface area contributed by atoms with Crippen molar-refractivity contribution in [2.45, 2.75) is 38.1 Å². The van der Waals surface area contributed by atoms with E-state index >= 15 is 0 Å². The number of amides is 1. The van der Waals surface area contributed by atoms with Gasteiger partial charge in [0.2, 0.25) is 5.91 Å². The molecule has 24 heavy (non-hydrogen) atoms.